The summed E-state index contributed by atoms with van der Waals surface area (Å²) in [6, 6.07) is 0. The van der Waals surface area contributed by atoms with Gasteiger partial charge in [-0.2, -0.15) is 0 Å². The van der Waals surface area contributed by atoms with Crippen LogP contribution in [-0.4, -0.2) is 22.5 Å². The van der Waals surface area contributed by atoms with Crippen molar-refractivity contribution in [2.24, 2.45) is 11.3 Å². The number of aliphatic hydroxyl groups is 1. The van der Waals surface area contributed by atoms with Crippen molar-refractivity contribution in [2.45, 2.75) is 65.6 Å². The number of aryl methyl sites for hydroxylation is 1. The summed E-state index contributed by atoms with van der Waals surface area (Å²) in [7, 11) is 0. The Kier molecular flexibility index (Phi) is 4.18. The Balaban J connectivity index is 2.19. The summed E-state index contributed by atoms with van der Waals surface area (Å²) in [6.45, 7) is 8.92. The molecular formula is C20H26O5. The van der Waals surface area contributed by atoms with E-state index in [0.717, 1.165) is 12.0 Å². The molecule has 3 rings (SSSR count). The third-order valence-electron chi connectivity index (χ3n) is 6.39. The highest BCUT2D eigenvalue weighted by atomic mass is 16.5. The van der Waals surface area contributed by atoms with Gasteiger partial charge < -0.3 is 14.3 Å². The number of esters is 1. The van der Waals surface area contributed by atoms with Crippen molar-refractivity contribution in [2.75, 3.05) is 0 Å². The average Bonchev–Trinajstić information content (AvgIpc) is 2.94. The van der Waals surface area contributed by atoms with Crippen LogP contribution in [0.1, 0.15) is 74.7 Å². The monoisotopic (exact) mass is 346 g/mol. The molecule has 0 spiro atoms. The first-order chi connectivity index (χ1) is 11.6. The maximum absolute atomic E-state index is 13.0. The molecule has 1 aromatic rings. The Morgan fingerprint density at radius 3 is 2.76 bits per heavy atom. The molecule has 1 fully saturated rings. The summed E-state index contributed by atoms with van der Waals surface area (Å²) in [5.41, 5.74) is -0.159. The smallest absolute Gasteiger partial charge is 0.334 e. The summed E-state index contributed by atoms with van der Waals surface area (Å²) in [5.74, 6) is -0.693. The number of furan rings is 1. The van der Waals surface area contributed by atoms with Crippen LogP contribution in [0.5, 0.6) is 0 Å². The van der Waals surface area contributed by atoms with Crippen LogP contribution in [-0.2, 0) is 9.53 Å². The molecule has 1 N–H and O–H groups in total. The SMILES string of the molecule is CC=C(C)C(=O)O[C@@H]1c2c(C)coc2C(=O)[C@H]2CCC[C@@](C)(O)[C@]21C. The number of carbonyl (C=O) groups is 2. The number of hydrogen-bond acceptors (Lipinski definition) is 5. The molecule has 136 valence electrons. The van der Waals surface area contributed by atoms with E-state index >= 15 is 0 Å². The third-order valence-corrected chi connectivity index (χ3v) is 6.39. The van der Waals surface area contributed by atoms with Gasteiger partial charge in [0.15, 0.2) is 5.76 Å². The number of fused-ring (bicyclic) bond motifs is 2. The molecule has 0 radical (unpaired) electrons. The summed E-state index contributed by atoms with van der Waals surface area (Å²) in [6.07, 6.45) is 4.47. The quantitative estimate of drug-likeness (QED) is 0.649. The lowest BCUT2D eigenvalue weighted by molar-refractivity contribution is -0.194. The molecule has 0 aromatic carbocycles. The van der Waals surface area contributed by atoms with E-state index in [-0.39, 0.29) is 11.5 Å². The van der Waals surface area contributed by atoms with E-state index in [4.69, 9.17) is 9.15 Å². The average molecular weight is 346 g/mol. The summed E-state index contributed by atoms with van der Waals surface area (Å²) in [4.78, 5) is 25.5. The maximum Gasteiger partial charge on any atom is 0.334 e. The first-order valence-corrected chi connectivity index (χ1v) is 8.83. The molecule has 0 bridgehead atoms. The molecule has 1 aromatic heterocycles. The van der Waals surface area contributed by atoms with E-state index in [2.05, 4.69) is 0 Å². The lowest BCUT2D eigenvalue weighted by Gasteiger charge is -2.55. The molecule has 0 saturated heterocycles. The normalized spacial score (nSPS) is 35.1. The lowest BCUT2D eigenvalue weighted by atomic mass is 9.51. The van der Waals surface area contributed by atoms with E-state index in [1.54, 1.807) is 26.8 Å². The molecule has 4 atom stereocenters. The number of ketones is 1. The molecule has 2 aliphatic carbocycles. The molecule has 0 unspecified atom stereocenters. The highest BCUT2D eigenvalue weighted by Gasteiger charge is 2.63. The van der Waals surface area contributed by atoms with Crippen LogP contribution in [0.3, 0.4) is 0 Å². The molecular weight excluding hydrogens is 320 g/mol. The summed E-state index contributed by atoms with van der Waals surface area (Å²) < 4.78 is 11.4. The molecule has 2 aliphatic rings. The topological polar surface area (TPSA) is 76.7 Å². The van der Waals surface area contributed by atoms with Crippen molar-refractivity contribution < 1.29 is 23.8 Å². The minimum atomic E-state index is -1.12. The van der Waals surface area contributed by atoms with Crippen molar-refractivity contribution in [3.8, 4) is 0 Å². The summed E-state index contributed by atoms with van der Waals surface area (Å²) in [5, 5.41) is 11.2. The van der Waals surface area contributed by atoms with Crippen LogP contribution in [0, 0.1) is 18.3 Å². The highest BCUT2D eigenvalue weighted by Crippen LogP contribution is 2.61. The van der Waals surface area contributed by atoms with E-state index in [1.165, 1.54) is 6.26 Å². The van der Waals surface area contributed by atoms with Gasteiger partial charge >= 0.3 is 5.97 Å². The molecule has 1 saturated carbocycles. The predicted molar refractivity (Wildman–Crippen MR) is 92.1 cm³/mol. The largest absolute Gasteiger partial charge is 0.461 e. The second kappa shape index (κ2) is 5.84. The number of allylic oxidation sites excluding steroid dienone is 1. The minimum Gasteiger partial charge on any atom is -0.461 e. The van der Waals surface area contributed by atoms with E-state index in [0.29, 0.717) is 24.0 Å². The van der Waals surface area contributed by atoms with Crippen molar-refractivity contribution in [3.05, 3.63) is 34.8 Å². The fraction of sp³-hybridized carbons (Fsp3) is 0.600. The van der Waals surface area contributed by atoms with Gasteiger partial charge in [0, 0.05) is 22.5 Å². The van der Waals surface area contributed by atoms with Gasteiger partial charge in [0.1, 0.15) is 6.10 Å². The van der Waals surface area contributed by atoms with Crippen LogP contribution < -0.4 is 0 Å². The van der Waals surface area contributed by atoms with Gasteiger partial charge in [0.05, 0.1) is 11.9 Å². The fourth-order valence-corrected chi connectivity index (χ4v) is 4.39. The lowest BCUT2D eigenvalue weighted by Crippen LogP contribution is -2.59. The van der Waals surface area contributed by atoms with Gasteiger partial charge in [0.2, 0.25) is 5.78 Å². The first-order valence-electron chi connectivity index (χ1n) is 8.83. The Labute approximate surface area is 148 Å². The third kappa shape index (κ3) is 2.40. The van der Waals surface area contributed by atoms with E-state index in [1.807, 2.05) is 13.8 Å². The molecule has 25 heavy (non-hydrogen) atoms. The number of Topliss-reactive ketones (excluding diaryl/α,β-unsaturated/α-hetero) is 1. The summed E-state index contributed by atoms with van der Waals surface area (Å²) >= 11 is 0. The fourth-order valence-electron chi connectivity index (χ4n) is 4.39. The molecule has 0 amide bonds. The molecule has 5 nitrogen and oxygen atoms in total. The van der Waals surface area contributed by atoms with Crippen molar-refractivity contribution >= 4 is 11.8 Å². The zero-order valence-electron chi connectivity index (χ0n) is 15.5. The van der Waals surface area contributed by atoms with Gasteiger partial charge in [-0.25, -0.2) is 4.79 Å². The van der Waals surface area contributed by atoms with Crippen LogP contribution in [0.4, 0.5) is 0 Å². The van der Waals surface area contributed by atoms with Crippen LogP contribution >= 0.6 is 0 Å². The molecule has 1 heterocycles. The number of hydrogen-bond donors (Lipinski definition) is 1. The van der Waals surface area contributed by atoms with Gasteiger partial charge in [-0.1, -0.05) is 13.0 Å². The number of carbonyl (C=O) groups excluding carboxylic acids is 2. The maximum atomic E-state index is 13.0. The highest BCUT2D eigenvalue weighted by molar-refractivity contribution is 5.99. The predicted octanol–water partition coefficient (Wildman–Crippen LogP) is 3.89. The number of rotatable bonds is 2. The second-order valence-corrected chi connectivity index (χ2v) is 7.78. The Hall–Kier alpha value is -1.88. The van der Waals surface area contributed by atoms with Crippen LogP contribution in [0.2, 0.25) is 0 Å². The zero-order valence-corrected chi connectivity index (χ0v) is 15.5. The van der Waals surface area contributed by atoms with Crippen LogP contribution in [0.15, 0.2) is 22.3 Å². The van der Waals surface area contributed by atoms with Gasteiger partial charge in [0.25, 0.3) is 0 Å². The number of ether oxygens (including phenoxy) is 1. The van der Waals surface area contributed by atoms with Gasteiger partial charge in [-0.3, -0.25) is 4.79 Å². The van der Waals surface area contributed by atoms with E-state index < -0.39 is 29.0 Å². The van der Waals surface area contributed by atoms with Crippen molar-refractivity contribution in [1.29, 1.82) is 0 Å². The Morgan fingerprint density at radius 1 is 1.44 bits per heavy atom. The van der Waals surface area contributed by atoms with Gasteiger partial charge in [-0.15, -0.1) is 0 Å². The second-order valence-electron chi connectivity index (χ2n) is 7.78. The van der Waals surface area contributed by atoms with Crippen molar-refractivity contribution in [3.63, 3.8) is 0 Å². The standard InChI is InChI=1S/C20H26O5/c1-6-11(2)18(22)25-17-14-12(3)10-24-16(14)15(21)13-8-7-9-19(4,23)20(13,17)5/h6,10,13,17,23H,7-9H2,1-5H3/t13-,17-,19-,20-/m1/s1. The molecule has 0 aliphatic heterocycles. The Bertz CT molecular complexity index is 754. The van der Waals surface area contributed by atoms with Crippen LogP contribution in [0.25, 0.3) is 0 Å². The van der Waals surface area contributed by atoms with E-state index in [9.17, 15) is 14.7 Å². The Morgan fingerprint density at radius 2 is 2.12 bits per heavy atom. The van der Waals surface area contributed by atoms with Crippen molar-refractivity contribution in [1.82, 2.24) is 0 Å². The zero-order chi connectivity index (χ0) is 18.6. The molecule has 5 heteroatoms. The van der Waals surface area contributed by atoms with Gasteiger partial charge in [-0.05, 0) is 52.5 Å². The first kappa shape index (κ1) is 17.9. The minimum absolute atomic E-state index is 0.0966.